The number of ether oxygens (including phenoxy) is 1. The minimum Gasteiger partial charge on any atom is -0.404 e. The van der Waals surface area contributed by atoms with Gasteiger partial charge in [0.1, 0.15) is 0 Å². The summed E-state index contributed by atoms with van der Waals surface area (Å²) < 4.78 is 51.6. The van der Waals surface area contributed by atoms with Gasteiger partial charge >= 0.3 is 6.36 Å². The van der Waals surface area contributed by atoms with Gasteiger partial charge in [0.2, 0.25) is 5.95 Å². The molecule has 0 fully saturated rings. The van der Waals surface area contributed by atoms with Gasteiger partial charge < -0.3 is 4.74 Å². The minimum atomic E-state index is -4.80. The maximum absolute atomic E-state index is 12.7. The highest BCUT2D eigenvalue weighted by molar-refractivity contribution is 9.10. The van der Waals surface area contributed by atoms with Crippen LogP contribution in [0, 0.1) is 12.9 Å². The Morgan fingerprint density at radius 2 is 2.00 bits per heavy atom. The summed E-state index contributed by atoms with van der Waals surface area (Å²) in [5, 5.41) is 0. The van der Waals surface area contributed by atoms with E-state index in [1.807, 2.05) is 0 Å². The number of hydrogen-bond donors (Lipinski definition) is 0. The minimum absolute atomic E-state index is 0.00910. The van der Waals surface area contributed by atoms with E-state index in [1.54, 1.807) is 0 Å². The fourth-order valence-electron chi connectivity index (χ4n) is 0.759. The van der Waals surface area contributed by atoms with Crippen LogP contribution in [-0.4, -0.2) is 11.3 Å². The summed E-state index contributed by atoms with van der Waals surface area (Å²) in [6.07, 6.45) is -4.12. The van der Waals surface area contributed by atoms with Crippen LogP contribution >= 0.6 is 15.9 Å². The highest BCUT2D eigenvalue weighted by Gasteiger charge is 2.32. The lowest BCUT2D eigenvalue weighted by molar-refractivity contribution is -0.275. The van der Waals surface area contributed by atoms with E-state index >= 15 is 0 Å². The Bertz CT molecular complexity index is 352. The van der Waals surface area contributed by atoms with E-state index in [4.69, 9.17) is 0 Å². The zero-order chi connectivity index (χ0) is 10.9. The molecule has 0 aliphatic heterocycles. The first-order valence-corrected chi connectivity index (χ1v) is 4.17. The summed E-state index contributed by atoms with van der Waals surface area (Å²) in [5.74, 6) is -1.40. The standard InChI is InChI=1S/C7H4BrF4NO/c1-3-4(14-7(10,11)12)2-13-6(9)5(3)8/h2H,1H3. The van der Waals surface area contributed by atoms with Crippen molar-refractivity contribution in [3.8, 4) is 5.75 Å². The van der Waals surface area contributed by atoms with Gasteiger partial charge in [-0.05, 0) is 22.9 Å². The molecule has 0 saturated carbocycles. The summed E-state index contributed by atoms with van der Waals surface area (Å²) in [6, 6.07) is 0. The van der Waals surface area contributed by atoms with Crippen molar-refractivity contribution in [2.45, 2.75) is 13.3 Å². The van der Waals surface area contributed by atoms with Crippen LogP contribution in [0.3, 0.4) is 0 Å². The molecule has 0 radical (unpaired) electrons. The Labute approximate surface area is 85.0 Å². The van der Waals surface area contributed by atoms with Crippen molar-refractivity contribution in [2.24, 2.45) is 0 Å². The third-order valence-electron chi connectivity index (χ3n) is 1.40. The lowest BCUT2D eigenvalue weighted by Gasteiger charge is -2.11. The fourth-order valence-corrected chi connectivity index (χ4v) is 1.06. The molecule has 0 aliphatic carbocycles. The van der Waals surface area contributed by atoms with Gasteiger partial charge in [-0.1, -0.05) is 0 Å². The topological polar surface area (TPSA) is 22.1 Å². The van der Waals surface area contributed by atoms with Gasteiger partial charge in [0.25, 0.3) is 0 Å². The van der Waals surface area contributed by atoms with E-state index in [0.717, 1.165) is 0 Å². The molecule has 1 aromatic rings. The maximum Gasteiger partial charge on any atom is 0.573 e. The molecule has 0 N–H and O–H groups in total. The number of aromatic nitrogens is 1. The van der Waals surface area contributed by atoms with Gasteiger partial charge in [-0.3, -0.25) is 0 Å². The van der Waals surface area contributed by atoms with Crippen molar-refractivity contribution in [3.63, 3.8) is 0 Å². The molecule has 0 atom stereocenters. The Morgan fingerprint density at radius 1 is 1.43 bits per heavy atom. The van der Waals surface area contributed by atoms with Crippen molar-refractivity contribution in [1.29, 1.82) is 0 Å². The molecule has 0 aliphatic rings. The molecule has 1 heterocycles. The molecule has 0 aromatic carbocycles. The Balaban J connectivity index is 3.06. The molecule has 14 heavy (non-hydrogen) atoms. The zero-order valence-corrected chi connectivity index (χ0v) is 8.41. The van der Waals surface area contributed by atoms with E-state index in [2.05, 4.69) is 25.7 Å². The van der Waals surface area contributed by atoms with Crippen LogP contribution in [0.25, 0.3) is 0 Å². The normalized spacial score (nSPS) is 11.6. The average Bonchev–Trinajstić information content (AvgIpc) is 2.04. The molecule has 0 saturated heterocycles. The SMILES string of the molecule is Cc1c(OC(F)(F)F)cnc(F)c1Br. The number of rotatable bonds is 1. The molecule has 1 aromatic heterocycles. The Hall–Kier alpha value is -0.850. The lowest BCUT2D eigenvalue weighted by atomic mass is 10.3. The molecule has 0 spiro atoms. The number of pyridine rings is 1. The molecule has 2 nitrogen and oxygen atoms in total. The third kappa shape index (κ3) is 2.57. The molecular formula is C7H4BrF4NO. The van der Waals surface area contributed by atoms with Crippen molar-refractivity contribution in [2.75, 3.05) is 0 Å². The highest BCUT2D eigenvalue weighted by atomic mass is 79.9. The fraction of sp³-hybridized carbons (Fsp3) is 0.286. The van der Waals surface area contributed by atoms with Crippen molar-refractivity contribution in [1.82, 2.24) is 4.98 Å². The first-order valence-electron chi connectivity index (χ1n) is 3.37. The van der Waals surface area contributed by atoms with Crippen molar-refractivity contribution in [3.05, 3.63) is 22.2 Å². The predicted octanol–water partition coefficient (Wildman–Crippen LogP) is 3.19. The summed E-state index contributed by atoms with van der Waals surface area (Å²) in [4.78, 5) is 3.09. The summed E-state index contributed by atoms with van der Waals surface area (Å²) in [5.41, 5.74) is 0.00910. The zero-order valence-electron chi connectivity index (χ0n) is 6.82. The Kier molecular flexibility index (Phi) is 2.98. The van der Waals surface area contributed by atoms with E-state index in [9.17, 15) is 17.6 Å². The van der Waals surface area contributed by atoms with Crippen LogP contribution in [0.15, 0.2) is 10.7 Å². The molecule has 0 unspecified atom stereocenters. The smallest absolute Gasteiger partial charge is 0.404 e. The van der Waals surface area contributed by atoms with Crippen LogP contribution in [0.1, 0.15) is 5.56 Å². The van der Waals surface area contributed by atoms with Gasteiger partial charge in [0, 0.05) is 5.56 Å². The third-order valence-corrected chi connectivity index (χ3v) is 2.32. The second kappa shape index (κ2) is 3.72. The largest absolute Gasteiger partial charge is 0.573 e. The molecule has 7 heteroatoms. The second-order valence-corrected chi connectivity index (χ2v) is 3.19. The Morgan fingerprint density at radius 3 is 2.50 bits per heavy atom. The van der Waals surface area contributed by atoms with Crippen molar-refractivity contribution >= 4 is 15.9 Å². The van der Waals surface area contributed by atoms with Gasteiger partial charge in [-0.15, -0.1) is 13.2 Å². The monoisotopic (exact) mass is 273 g/mol. The quantitative estimate of drug-likeness (QED) is 0.579. The lowest BCUT2D eigenvalue weighted by Crippen LogP contribution is -2.18. The van der Waals surface area contributed by atoms with Gasteiger partial charge in [0.05, 0.1) is 10.7 Å². The van der Waals surface area contributed by atoms with E-state index < -0.39 is 18.1 Å². The summed E-state index contributed by atoms with van der Waals surface area (Å²) in [7, 11) is 0. The number of halogens is 5. The van der Waals surface area contributed by atoms with Crippen LogP contribution in [-0.2, 0) is 0 Å². The predicted molar refractivity (Wildman–Crippen MR) is 43.3 cm³/mol. The molecule has 78 valence electrons. The van der Waals surface area contributed by atoms with E-state index in [1.165, 1.54) is 6.92 Å². The van der Waals surface area contributed by atoms with Crippen molar-refractivity contribution < 1.29 is 22.3 Å². The first kappa shape index (κ1) is 11.2. The summed E-state index contributed by atoms with van der Waals surface area (Å²) in [6.45, 7) is 1.29. The van der Waals surface area contributed by atoms with Gasteiger partial charge in [0.15, 0.2) is 5.75 Å². The summed E-state index contributed by atoms with van der Waals surface area (Å²) >= 11 is 2.75. The van der Waals surface area contributed by atoms with Crippen LogP contribution < -0.4 is 4.74 Å². The van der Waals surface area contributed by atoms with Crippen LogP contribution in [0.5, 0.6) is 5.75 Å². The van der Waals surface area contributed by atoms with Gasteiger partial charge in [-0.2, -0.15) is 4.39 Å². The van der Waals surface area contributed by atoms with Crippen LogP contribution in [0.4, 0.5) is 17.6 Å². The van der Waals surface area contributed by atoms with E-state index in [0.29, 0.717) is 6.20 Å². The molecule has 0 bridgehead atoms. The first-order chi connectivity index (χ1) is 6.31. The molecule has 0 amide bonds. The van der Waals surface area contributed by atoms with Crippen LogP contribution in [0.2, 0.25) is 0 Å². The molecule has 1 rings (SSSR count). The molecular weight excluding hydrogens is 270 g/mol. The second-order valence-electron chi connectivity index (χ2n) is 2.40. The van der Waals surface area contributed by atoms with Gasteiger partial charge in [-0.25, -0.2) is 4.98 Å². The maximum atomic E-state index is 12.7. The average molecular weight is 274 g/mol. The van der Waals surface area contributed by atoms with E-state index in [-0.39, 0.29) is 10.0 Å². The number of hydrogen-bond acceptors (Lipinski definition) is 2. The number of nitrogens with zero attached hydrogens (tertiary/aromatic N) is 1. The number of alkyl halides is 3. The highest BCUT2D eigenvalue weighted by Crippen LogP contribution is 2.30.